The van der Waals surface area contributed by atoms with E-state index in [0.717, 1.165) is 31.2 Å². The predicted octanol–water partition coefficient (Wildman–Crippen LogP) is 4.76. The van der Waals surface area contributed by atoms with E-state index >= 15 is 0 Å². The fraction of sp³-hybridized carbons (Fsp3) is 0.304. The zero-order chi connectivity index (χ0) is 18.4. The topological polar surface area (TPSA) is 44.1 Å². The zero-order valence-electron chi connectivity index (χ0n) is 15.1. The molecule has 132 valence electrons. The Kier molecular flexibility index (Phi) is 5.86. The summed E-state index contributed by atoms with van der Waals surface area (Å²) in [6.45, 7) is 0. The van der Waals surface area contributed by atoms with E-state index in [2.05, 4.69) is 36.4 Å². The van der Waals surface area contributed by atoms with Crippen LogP contribution < -0.4 is 0 Å². The van der Waals surface area contributed by atoms with Crippen LogP contribution in [-0.2, 0) is 4.79 Å². The number of hydrogen-bond donors (Lipinski definition) is 0. The molecule has 1 aliphatic carbocycles. The third-order valence-electron chi connectivity index (χ3n) is 5.35. The second-order valence-corrected chi connectivity index (χ2v) is 6.90. The van der Waals surface area contributed by atoms with Crippen LogP contribution in [0, 0.1) is 11.3 Å². The lowest BCUT2D eigenvalue weighted by Gasteiger charge is -2.34. The lowest BCUT2D eigenvalue weighted by Crippen LogP contribution is -2.38. The van der Waals surface area contributed by atoms with Gasteiger partial charge in [0.15, 0.2) is 0 Å². The first-order valence-corrected chi connectivity index (χ1v) is 9.18. The number of carbonyl (C=O) groups excluding carboxylic acids is 1. The monoisotopic (exact) mass is 344 g/mol. The van der Waals surface area contributed by atoms with Gasteiger partial charge in [-0.3, -0.25) is 4.79 Å². The van der Waals surface area contributed by atoms with Crippen LogP contribution in [-0.4, -0.2) is 23.9 Å². The average molecular weight is 344 g/mol. The highest BCUT2D eigenvalue weighted by atomic mass is 16.2. The molecule has 3 rings (SSSR count). The van der Waals surface area contributed by atoms with Gasteiger partial charge in [-0.05, 0) is 54.9 Å². The Morgan fingerprint density at radius 3 is 2.38 bits per heavy atom. The molecule has 1 fully saturated rings. The van der Waals surface area contributed by atoms with Crippen LogP contribution in [0.25, 0.3) is 6.08 Å². The number of amides is 1. The van der Waals surface area contributed by atoms with E-state index in [9.17, 15) is 4.79 Å². The first-order chi connectivity index (χ1) is 12.7. The van der Waals surface area contributed by atoms with Crippen molar-refractivity contribution in [1.29, 1.82) is 5.26 Å². The Balaban J connectivity index is 1.58. The van der Waals surface area contributed by atoms with E-state index < -0.39 is 0 Å². The van der Waals surface area contributed by atoms with Crippen molar-refractivity contribution >= 4 is 12.0 Å². The summed E-state index contributed by atoms with van der Waals surface area (Å²) in [5, 5.41) is 9.14. The lowest BCUT2D eigenvalue weighted by atomic mass is 9.81. The van der Waals surface area contributed by atoms with E-state index in [0.29, 0.717) is 17.5 Å². The molecule has 0 radical (unpaired) electrons. The second kappa shape index (κ2) is 8.49. The molecule has 1 saturated carbocycles. The predicted molar refractivity (Wildman–Crippen MR) is 104 cm³/mol. The van der Waals surface area contributed by atoms with Gasteiger partial charge in [0.05, 0.1) is 11.6 Å². The maximum Gasteiger partial charge on any atom is 0.246 e. The van der Waals surface area contributed by atoms with Gasteiger partial charge in [0.2, 0.25) is 5.91 Å². The summed E-state index contributed by atoms with van der Waals surface area (Å²) in [6, 6.07) is 20.4. The average Bonchev–Trinajstić information content (AvgIpc) is 2.72. The summed E-state index contributed by atoms with van der Waals surface area (Å²) in [4.78, 5) is 14.4. The molecule has 0 atom stereocenters. The molecule has 0 unspecified atom stereocenters. The highest BCUT2D eigenvalue weighted by molar-refractivity contribution is 5.92. The third kappa shape index (κ3) is 4.21. The second-order valence-electron chi connectivity index (χ2n) is 6.90. The minimum absolute atomic E-state index is 0.000837. The van der Waals surface area contributed by atoms with Gasteiger partial charge >= 0.3 is 0 Å². The number of carbonyl (C=O) groups is 1. The number of benzene rings is 2. The van der Waals surface area contributed by atoms with Crippen LogP contribution in [0.1, 0.15) is 48.3 Å². The van der Waals surface area contributed by atoms with Crippen LogP contribution >= 0.6 is 0 Å². The van der Waals surface area contributed by atoms with E-state index in [1.165, 1.54) is 5.56 Å². The van der Waals surface area contributed by atoms with Crippen LogP contribution in [0.2, 0.25) is 0 Å². The molecule has 0 spiro atoms. The van der Waals surface area contributed by atoms with Gasteiger partial charge in [-0.2, -0.15) is 5.26 Å². The molecular weight excluding hydrogens is 320 g/mol. The van der Waals surface area contributed by atoms with E-state index in [1.54, 1.807) is 18.2 Å². The largest absolute Gasteiger partial charge is 0.339 e. The van der Waals surface area contributed by atoms with Crippen molar-refractivity contribution in [2.45, 2.75) is 37.6 Å². The molecule has 2 aromatic rings. The van der Waals surface area contributed by atoms with Gasteiger partial charge in [0.25, 0.3) is 0 Å². The summed E-state index contributed by atoms with van der Waals surface area (Å²) >= 11 is 0. The normalized spacial score (nSPS) is 19.8. The van der Waals surface area contributed by atoms with Crippen LogP contribution in [0.3, 0.4) is 0 Å². The first-order valence-electron chi connectivity index (χ1n) is 9.18. The van der Waals surface area contributed by atoms with Gasteiger partial charge < -0.3 is 4.90 Å². The summed E-state index contributed by atoms with van der Waals surface area (Å²) < 4.78 is 0. The van der Waals surface area contributed by atoms with Crippen molar-refractivity contribution in [1.82, 2.24) is 4.90 Å². The summed E-state index contributed by atoms with van der Waals surface area (Å²) in [5.74, 6) is 0.606. The maximum atomic E-state index is 12.5. The minimum Gasteiger partial charge on any atom is -0.339 e. The number of rotatable bonds is 4. The molecule has 0 heterocycles. The first kappa shape index (κ1) is 17.9. The molecular formula is C23H24N2O. The molecule has 3 heteroatoms. The van der Waals surface area contributed by atoms with Gasteiger partial charge in [0, 0.05) is 19.2 Å². The lowest BCUT2D eigenvalue weighted by molar-refractivity contribution is -0.127. The summed E-state index contributed by atoms with van der Waals surface area (Å²) in [5.41, 5.74) is 2.78. The van der Waals surface area contributed by atoms with E-state index in [-0.39, 0.29) is 5.91 Å². The maximum absolute atomic E-state index is 12.5. The zero-order valence-corrected chi connectivity index (χ0v) is 15.1. The van der Waals surface area contributed by atoms with Gasteiger partial charge in [0.1, 0.15) is 0 Å². The Bertz CT molecular complexity index is 812. The molecule has 0 aromatic heterocycles. The molecule has 0 bridgehead atoms. The molecule has 1 amide bonds. The summed E-state index contributed by atoms with van der Waals surface area (Å²) in [6.07, 6.45) is 7.63. The minimum atomic E-state index is 0.000837. The smallest absolute Gasteiger partial charge is 0.246 e. The third-order valence-corrected chi connectivity index (χ3v) is 5.35. The quantitative estimate of drug-likeness (QED) is 0.751. The highest BCUT2D eigenvalue weighted by Crippen LogP contribution is 2.34. The van der Waals surface area contributed by atoms with E-state index in [1.807, 2.05) is 30.1 Å². The Morgan fingerprint density at radius 1 is 1.04 bits per heavy atom. The standard InChI is InChI=1S/C23H24N2O/c1-25(23(26)16-13-19-9-5-6-10-21(19)17-24)22-14-11-20(12-15-22)18-7-3-2-4-8-18/h2-10,13,16,20,22H,11-12,14-15H2,1H3/b16-13+. The fourth-order valence-electron chi connectivity index (χ4n) is 3.72. The number of nitriles is 1. The molecule has 2 aromatic carbocycles. The molecule has 0 saturated heterocycles. The molecule has 0 N–H and O–H groups in total. The number of hydrogen-bond acceptors (Lipinski definition) is 2. The Labute approximate surface area is 155 Å². The number of nitrogens with zero attached hydrogens (tertiary/aromatic N) is 2. The van der Waals surface area contributed by atoms with Crippen LogP contribution in [0.15, 0.2) is 60.7 Å². The number of likely N-dealkylation sites (N-methyl/N-ethyl adjacent to an activating group) is 1. The van der Waals surface area contributed by atoms with Crippen LogP contribution in [0.5, 0.6) is 0 Å². The van der Waals surface area contributed by atoms with Crippen molar-refractivity contribution < 1.29 is 4.79 Å². The molecule has 3 nitrogen and oxygen atoms in total. The van der Waals surface area contributed by atoms with Crippen molar-refractivity contribution in [3.05, 3.63) is 77.4 Å². The Hall–Kier alpha value is -2.86. The molecule has 26 heavy (non-hydrogen) atoms. The van der Waals surface area contributed by atoms with Gasteiger partial charge in [-0.25, -0.2) is 0 Å². The van der Waals surface area contributed by atoms with Crippen molar-refractivity contribution in [3.8, 4) is 6.07 Å². The molecule has 1 aliphatic rings. The Morgan fingerprint density at radius 2 is 1.69 bits per heavy atom. The van der Waals surface area contributed by atoms with Crippen molar-refractivity contribution in [3.63, 3.8) is 0 Å². The highest BCUT2D eigenvalue weighted by Gasteiger charge is 2.26. The van der Waals surface area contributed by atoms with Crippen molar-refractivity contribution in [2.75, 3.05) is 7.05 Å². The SMILES string of the molecule is CN(C(=O)/C=C/c1ccccc1C#N)C1CCC(c2ccccc2)CC1. The molecule has 0 aliphatic heterocycles. The van der Waals surface area contributed by atoms with Crippen LogP contribution in [0.4, 0.5) is 0 Å². The fourth-order valence-corrected chi connectivity index (χ4v) is 3.72. The summed E-state index contributed by atoms with van der Waals surface area (Å²) in [7, 11) is 1.89. The van der Waals surface area contributed by atoms with E-state index in [4.69, 9.17) is 5.26 Å². The van der Waals surface area contributed by atoms with Crippen molar-refractivity contribution in [2.24, 2.45) is 0 Å². The van der Waals surface area contributed by atoms with Gasteiger partial charge in [-0.15, -0.1) is 0 Å². The van der Waals surface area contributed by atoms with Gasteiger partial charge in [-0.1, -0.05) is 48.5 Å².